The molecule has 0 bridgehead atoms. The van der Waals surface area contributed by atoms with Gasteiger partial charge in [0.25, 0.3) is 0 Å². The Bertz CT molecular complexity index is 860. The van der Waals surface area contributed by atoms with Crippen molar-refractivity contribution in [2.75, 3.05) is 20.3 Å². The van der Waals surface area contributed by atoms with Crippen molar-refractivity contribution in [1.82, 2.24) is 4.72 Å². The third-order valence-electron chi connectivity index (χ3n) is 3.53. The zero-order chi connectivity index (χ0) is 19.3. The second kappa shape index (κ2) is 9.01. The van der Waals surface area contributed by atoms with Crippen molar-refractivity contribution in [3.63, 3.8) is 0 Å². The summed E-state index contributed by atoms with van der Waals surface area (Å²) >= 11 is 11.7. The van der Waals surface area contributed by atoms with Gasteiger partial charge in [-0.1, -0.05) is 23.2 Å². The predicted molar refractivity (Wildman–Crippen MR) is 99.0 cm³/mol. The highest BCUT2D eigenvalue weighted by Crippen LogP contribution is 2.29. The first kappa shape index (κ1) is 20.9. The lowest BCUT2D eigenvalue weighted by Gasteiger charge is -2.17. The van der Waals surface area contributed by atoms with Crippen LogP contribution in [0.3, 0.4) is 0 Å². The van der Waals surface area contributed by atoms with Crippen LogP contribution in [0.25, 0.3) is 0 Å². The minimum absolute atomic E-state index is 0.0500. The van der Waals surface area contributed by atoms with E-state index in [0.29, 0.717) is 19.0 Å². The van der Waals surface area contributed by atoms with Crippen LogP contribution in [0.1, 0.15) is 18.5 Å². The van der Waals surface area contributed by atoms with Crippen LogP contribution < -0.4 is 9.46 Å². The van der Waals surface area contributed by atoms with Crippen LogP contribution in [0.15, 0.2) is 41.3 Å². The van der Waals surface area contributed by atoms with Crippen LogP contribution in [0.4, 0.5) is 4.39 Å². The highest BCUT2D eigenvalue weighted by atomic mass is 35.5. The average molecular weight is 422 g/mol. The molecular formula is C17H18Cl2FNO4S. The zero-order valence-electron chi connectivity index (χ0n) is 14.1. The zero-order valence-corrected chi connectivity index (χ0v) is 16.5. The van der Waals surface area contributed by atoms with Crippen molar-refractivity contribution >= 4 is 33.2 Å². The molecule has 2 aromatic rings. The first-order chi connectivity index (χ1) is 12.2. The van der Waals surface area contributed by atoms with E-state index in [1.807, 2.05) is 0 Å². The fourth-order valence-electron chi connectivity index (χ4n) is 2.19. The molecule has 142 valence electrons. The van der Waals surface area contributed by atoms with E-state index in [9.17, 15) is 12.8 Å². The molecule has 0 radical (unpaired) electrons. The lowest BCUT2D eigenvalue weighted by atomic mass is 10.1. The minimum atomic E-state index is -3.83. The fraction of sp³-hybridized carbons (Fsp3) is 0.294. The number of ether oxygens (including phenoxy) is 2. The van der Waals surface area contributed by atoms with Crippen LogP contribution in [0.2, 0.25) is 10.0 Å². The van der Waals surface area contributed by atoms with Crippen molar-refractivity contribution in [3.8, 4) is 5.75 Å². The number of sulfonamides is 1. The molecule has 2 aromatic carbocycles. The molecule has 0 saturated heterocycles. The van der Waals surface area contributed by atoms with Gasteiger partial charge in [-0.3, -0.25) is 0 Å². The van der Waals surface area contributed by atoms with Crippen molar-refractivity contribution in [2.45, 2.75) is 17.9 Å². The van der Waals surface area contributed by atoms with Crippen LogP contribution in [0.5, 0.6) is 5.75 Å². The second-order valence-corrected chi connectivity index (χ2v) is 7.97. The molecule has 9 heteroatoms. The van der Waals surface area contributed by atoms with E-state index in [0.717, 1.165) is 6.07 Å². The Morgan fingerprint density at radius 2 is 1.77 bits per heavy atom. The molecule has 1 unspecified atom stereocenters. The van der Waals surface area contributed by atoms with E-state index in [1.165, 1.54) is 18.2 Å². The van der Waals surface area contributed by atoms with Crippen LogP contribution >= 0.6 is 23.2 Å². The van der Waals surface area contributed by atoms with Gasteiger partial charge in [0.1, 0.15) is 18.2 Å². The van der Waals surface area contributed by atoms with E-state index in [4.69, 9.17) is 32.7 Å². The van der Waals surface area contributed by atoms with Gasteiger partial charge in [-0.15, -0.1) is 0 Å². The predicted octanol–water partition coefficient (Wildman–Crippen LogP) is 4.20. The summed E-state index contributed by atoms with van der Waals surface area (Å²) < 4.78 is 51.4. The summed E-state index contributed by atoms with van der Waals surface area (Å²) in [6, 6.07) is 7.53. The number of halogens is 3. The van der Waals surface area contributed by atoms with E-state index < -0.39 is 21.9 Å². The monoisotopic (exact) mass is 421 g/mol. The van der Waals surface area contributed by atoms with Crippen molar-refractivity contribution in [1.29, 1.82) is 0 Å². The van der Waals surface area contributed by atoms with Gasteiger partial charge in [-0.05, 0) is 48.9 Å². The van der Waals surface area contributed by atoms with E-state index >= 15 is 0 Å². The molecular weight excluding hydrogens is 404 g/mol. The Morgan fingerprint density at radius 1 is 1.12 bits per heavy atom. The number of methoxy groups -OCH3 is 1. The largest absolute Gasteiger partial charge is 0.491 e. The summed E-state index contributed by atoms with van der Waals surface area (Å²) in [4.78, 5) is 0.0500. The smallest absolute Gasteiger partial charge is 0.241 e. The van der Waals surface area contributed by atoms with Gasteiger partial charge in [0.2, 0.25) is 10.0 Å². The molecule has 0 amide bonds. The van der Waals surface area contributed by atoms with E-state index in [-0.39, 0.29) is 20.5 Å². The molecule has 0 saturated carbocycles. The standard InChI is InChI=1S/C17H18Cl2FNO4S/c1-11(14-9-17(20)16(19)10-15(14)18)21-26(22,23)13-5-3-12(4-6-13)25-8-7-24-2/h3-6,9-11,21H,7-8H2,1-2H3. The van der Waals surface area contributed by atoms with Crippen molar-refractivity contribution in [3.05, 3.63) is 57.8 Å². The Labute approximate surface area is 162 Å². The summed E-state index contributed by atoms with van der Waals surface area (Å²) in [6.07, 6.45) is 0. The van der Waals surface area contributed by atoms with Crippen LogP contribution in [0, 0.1) is 5.82 Å². The lowest BCUT2D eigenvalue weighted by molar-refractivity contribution is 0.146. The number of rotatable bonds is 8. The molecule has 0 spiro atoms. The molecule has 1 N–H and O–H groups in total. The fourth-order valence-corrected chi connectivity index (χ4v) is 3.96. The Balaban J connectivity index is 2.14. The van der Waals surface area contributed by atoms with Gasteiger partial charge < -0.3 is 9.47 Å². The topological polar surface area (TPSA) is 64.6 Å². The number of nitrogens with one attached hydrogen (secondary N) is 1. The molecule has 0 aliphatic carbocycles. The van der Waals surface area contributed by atoms with Gasteiger partial charge in [0, 0.05) is 18.2 Å². The third-order valence-corrected chi connectivity index (χ3v) is 5.70. The molecule has 0 aromatic heterocycles. The molecule has 0 fully saturated rings. The summed E-state index contributed by atoms with van der Waals surface area (Å²) in [6.45, 7) is 2.35. The van der Waals surface area contributed by atoms with Gasteiger partial charge in [-0.25, -0.2) is 17.5 Å². The number of benzene rings is 2. The molecule has 0 aliphatic heterocycles. The highest BCUT2D eigenvalue weighted by Gasteiger charge is 2.21. The molecule has 0 aliphatic rings. The molecule has 5 nitrogen and oxygen atoms in total. The Morgan fingerprint density at radius 3 is 2.38 bits per heavy atom. The SMILES string of the molecule is COCCOc1ccc(S(=O)(=O)NC(C)c2cc(F)c(Cl)cc2Cl)cc1. The van der Waals surface area contributed by atoms with Gasteiger partial charge in [-0.2, -0.15) is 0 Å². The van der Waals surface area contributed by atoms with Crippen LogP contribution in [-0.2, 0) is 14.8 Å². The second-order valence-electron chi connectivity index (χ2n) is 5.44. The summed E-state index contributed by atoms with van der Waals surface area (Å²) in [5.41, 5.74) is 0.289. The maximum absolute atomic E-state index is 13.7. The average Bonchev–Trinajstić information content (AvgIpc) is 2.58. The first-order valence-electron chi connectivity index (χ1n) is 7.63. The van der Waals surface area contributed by atoms with Gasteiger partial charge in [0.15, 0.2) is 0 Å². The maximum atomic E-state index is 13.7. The van der Waals surface area contributed by atoms with Crippen molar-refractivity contribution < 1.29 is 22.3 Å². The molecule has 26 heavy (non-hydrogen) atoms. The van der Waals surface area contributed by atoms with E-state index in [2.05, 4.69) is 4.72 Å². The number of hydrogen-bond acceptors (Lipinski definition) is 4. The third kappa shape index (κ3) is 5.31. The molecule has 1 atom stereocenters. The molecule has 0 heterocycles. The normalized spacial score (nSPS) is 12.8. The van der Waals surface area contributed by atoms with E-state index in [1.54, 1.807) is 26.2 Å². The quantitative estimate of drug-likeness (QED) is 0.512. The Hall–Kier alpha value is -1.38. The lowest BCUT2D eigenvalue weighted by Crippen LogP contribution is -2.27. The van der Waals surface area contributed by atoms with Gasteiger partial charge >= 0.3 is 0 Å². The molecule has 2 rings (SSSR count). The summed E-state index contributed by atoms with van der Waals surface area (Å²) in [7, 11) is -2.27. The van der Waals surface area contributed by atoms with Crippen LogP contribution in [-0.4, -0.2) is 28.7 Å². The number of hydrogen-bond donors (Lipinski definition) is 1. The maximum Gasteiger partial charge on any atom is 0.241 e. The van der Waals surface area contributed by atoms with Gasteiger partial charge in [0.05, 0.1) is 16.5 Å². The van der Waals surface area contributed by atoms with Crippen molar-refractivity contribution in [2.24, 2.45) is 0 Å². The summed E-state index contributed by atoms with van der Waals surface area (Å²) in [5.74, 6) is -0.147. The minimum Gasteiger partial charge on any atom is -0.491 e. The first-order valence-corrected chi connectivity index (χ1v) is 9.87. The summed E-state index contributed by atoms with van der Waals surface area (Å²) in [5, 5.41) is 0.0476. The highest BCUT2D eigenvalue weighted by molar-refractivity contribution is 7.89. The Kier molecular flexibility index (Phi) is 7.25.